The normalized spacial score (nSPS) is 10.6. The zero-order chi connectivity index (χ0) is 12.5. The number of nitro groups is 1. The van der Waals surface area contributed by atoms with Crippen molar-refractivity contribution in [3.05, 3.63) is 32.5 Å². The minimum absolute atomic E-state index is 0.569. The molecule has 0 fully saturated rings. The van der Waals surface area contributed by atoms with E-state index >= 15 is 0 Å². The first-order chi connectivity index (χ1) is 7.34. The van der Waals surface area contributed by atoms with Crippen LogP contribution in [-0.2, 0) is 0 Å². The summed E-state index contributed by atoms with van der Waals surface area (Å²) in [7, 11) is 0. The van der Waals surface area contributed by atoms with Gasteiger partial charge in [0.2, 0.25) is 5.69 Å². The van der Waals surface area contributed by atoms with Gasteiger partial charge < -0.3 is 10.1 Å². The lowest BCUT2D eigenvalue weighted by Gasteiger charge is -2.02. The smallest absolute Gasteiger partial charge is 0.358 e. The lowest BCUT2D eigenvalue weighted by Crippen LogP contribution is -2.03. The number of hydrogen-bond donors (Lipinski definition) is 0. The van der Waals surface area contributed by atoms with Crippen molar-refractivity contribution in [1.29, 1.82) is 0 Å². The van der Waals surface area contributed by atoms with Crippen molar-refractivity contribution in [2.75, 3.05) is 0 Å². The summed E-state index contributed by atoms with van der Waals surface area (Å²) >= 11 is 10.4. The Kier molecular flexibility index (Phi) is 3.71. The van der Waals surface area contributed by atoms with Crippen molar-refractivity contribution < 1.29 is 18.5 Å². The molecule has 0 N–H and O–H groups in total. The van der Waals surface area contributed by atoms with E-state index in [1.54, 1.807) is 0 Å². The van der Waals surface area contributed by atoms with Gasteiger partial charge in [-0.25, -0.2) is 8.78 Å². The highest BCUT2D eigenvalue weighted by Gasteiger charge is 2.28. The summed E-state index contributed by atoms with van der Waals surface area (Å²) in [6.45, 7) is 0. The maximum Gasteiger partial charge on any atom is 0.364 e. The maximum atomic E-state index is 12.4. The Bertz CT molecular complexity index is 467. The molecular weight excluding hydrogens is 269 g/mol. The van der Waals surface area contributed by atoms with E-state index in [9.17, 15) is 23.7 Å². The highest BCUT2D eigenvalue weighted by atomic mass is 35.5. The molecule has 16 heavy (non-hydrogen) atoms. The number of carbonyl (C=O) groups excluding carboxylic acids is 1. The molecule has 5 nitrogen and oxygen atoms in total. The van der Waals surface area contributed by atoms with E-state index < -0.39 is 38.7 Å². The van der Waals surface area contributed by atoms with Gasteiger partial charge in [0, 0.05) is 6.07 Å². The molecular formula is C7H2Cl2F2N2O3. The molecule has 0 aliphatic carbocycles. The van der Waals surface area contributed by atoms with Gasteiger partial charge >= 0.3 is 12.2 Å². The molecule has 0 spiro atoms. The van der Waals surface area contributed by atoms with Gasteiger partial charge in [-0.2, -0.15) is 0 Å². The first kappa shape index (κ1) is 12.7. The third-order valence-corrected chi connectivity index (χ3v) is 2.18. The molecule has 0 aromatic carbocycles. The Hall–Kier alpha value is -1.34. The van der Waals surface area contributed by atoms with Crippen molar-refractivity contribution in [2.45, 2.75) is 6.43 Å². The van der Waals surface area contributed by atoms with E-state index in [2.05, 4.69) is 4.98 Å². The number of alkyl halides is 2. The van der Waals surface area contributed by atoms with Crippen LogP contribution >= 0.6 is 23.2 Å². The second-order valence-electron chi connectivity index (χ2n) is 2.56. The Morgan fingerprint density at radius 2 is 2.12 bits per heavy atom. The molecule has 0 radical (unpaired) electrons. The number of halogens is 4. The van der Waals surface area contributed by atoms with Gasteiger partial charge in [0.05, 0.1) is 5.56 Å². The summed E-state index contributed by atoms with van der Waals surface area (Å²) in [6.07, 6.45) is -3.14. The summed E-state index contributed by atoms with van der Waals surface area (Å²) in [5.74, 6) is -0.913. The summed E-state index contributed by atoms with van der Waals surface area (Å²) in [4.78, 5) is 23.2. The first-order valence-electron chi connectivity index (χ1n) is 3.67. The maximum absolute atomic E-state index is 12.4. The SMILES string of the molecule is O=C(Cl)c1cc([N+](=O)[O-])nc(C(F)F)c1Cl. The van der Waals surface area contributed by atoms with Crippen molar-refractivity contribution in [3.8, 4) is 0 Å². The molecule has 1 aromatic heterocycles. The van der Waals surface area contributed by atoms with Gasteiger partial charge in [0.25, 0.3) is 5.24 Å². The summed E-state index contributed by atoms with van der Waals surface area (Å²) in [6, 6.07) is 0.642. The van der Waals surface area contributed by atoms with Gasteiger partial charge in [-0.05, 0) is 21.5 Å². The lowest BCUT2D eigenvalue weighted by molar-refractivity contribution is -0.389. The molecule has 0 aliphatic rings. The number of rotatable bonds is 3. The Morgan fingerprint density at radius 1 is 1.56 bits per heavy atom. The number of nitrogens with zero attached hydrogens (tertiary/aromatic N) is 2. The van der Waals surface area contributed by atoms with E-state index in [-0.39, 0.29) is 0 Å². The van der Waals surface area contributed by atoms with Crippen molar-refractivity contribution in [3.63, 3.8) is 0 Å². The zero-order valence-electron chi connectivity index (χ0n) is 7.29. The lowest BCUT2D eigenvalue weighted by atomic mass is 10.2. The van der Waals surface area contributed by atoms with E-state index in [0.717, 1.165) is 0 Å². The van der Waals surface area contributed by atoms with Gasteiger partial charge in [0.1, 0.15) is 5.02 Å². The Labute approximate surface area is 97.1 Å². The zero-order valence-corrected chi connectivity index (χ0v) is 8.80. The quantitative estimate of drug-likeness (QED) is 0.481. The third-order valence-electron chi connectivity index (χ3n) is 1.58. The van der Waals surface area contributed by atoms with E-state index in [1.807, 2.05) is 0 Å². The topological polar surface area (TPSA) is 73.1 Å². The molecule has 1 aromatic rings. The fourth-order valence-corrected chi connectivity index (χ4v) is 1.38. The van der Waals surface area contributed by atoms with Crippen LogP contribution in [0.4, 0.5) is 14.6 Å². The molecule has 9 heteroatoms. The minimum Gasteiger partial charge on any atom is -0.358 e. The van der Waals surface area contributed by atoms with Crippen LogP contribution in [0.3, 0.4) is 0 Å². The molecule has 1 heterocycles. The van der Waals surface area contributed by atoms with Crippen LogP contribution in [0.1, 0.15) is 22.5 Å². The molecule has 0 bridgehead atoms. The fraction of sp³-hybridized carbons (Fsp3) is 0.143. The monoisotopic (exact) mass is 270 g/mol. The van der Waals surface area contributed by atoms with Crippen molar-refractivity contribution in [2.24, 2.45) is 0 Å². The van der Waals surface area contributed by atoms with Crippen LogP contribution in [0.2, 0.25) is 5.02 Å². The summed E-state index contributed by atoms with van der Waals surface area (Å²) in [5, 5.41) is 8.51. The molecule has 86 valence electrons. The van der Waals surface area contributed by atoms with Gasteiger partial charge in [-0.1, -0.05) is 11.6 Å². The van der Waals surface area contributed by atoms with Crippen molar-refractivity contribution >= 4 is 34.3 Å². The van der Waals surface area contributed by atoms with Crippen LogP contribution in [0, 0.1) is 10.1 Å². The van der Waals surface area contributed by atoms with Crippen LogP contribution in [0.25, 0.3) is 0 Å². The summed E-state index contributed by atoms with van der Waals surface area (Å²) < 4.78 is 24.8. The standard InChI is InChI=1S/C7H2Cl2F2N2O3/c8-4-2(6(9)14)1-3(13(15)16)12-5(4)7(10)11/h1,7H. The third kappa shape index (κ3) is 2.42. The molecule has 1 rings (SSSR count). The van der Waals surface area contributed by atoms with Crippen LogP contribution in [0.5, 0.6) is 0 Å². The minimum atomic E-state index is -3.14. The van der Waals surface area contributed by atoms with E-state index in [1.165, 1.54) is 0 Å². The first-order valence-corrected chi connectivity index (χ1v) is 4.43. The van der Waals surface area contributed by atoms with Crippen LogP contribution in [0.15, 0.2) is 6.07 Å². The average Bonchev–Trinajstić information content (AvgIpc) is 2.16. The molecule has 0 aliphatic heterocycles. The molecule has 0 saturated heterocycles. The highest BCUT2D eigenvalue weighted by molar-refractivity contribution is 6.68. The largest absolute Gasteiger partial charge is 0.364 e. The van der Waals surface area contributed by atoms with E-state index in [4.69, 9.17) is 23.2 Å². The van der Waals surface area contributed by atoms with E-state index in [0.29, 0.717) is 6.07 Å². The van der Waals surface area contributed by atoms with Crippen LogP contribution < -0.4 is 0 Å². The number of pyridine rings is 1. The van der Waals surface area contributed by atoms with Gasteiger partial charge in [-0.3, -0.25) is 4.79 Å². The van der Waals surface area contributed by atoms with Gasteiger partial charge in [-0.15, -0.1) is 0 Å². The Morgan fingerprint density at radius 3 is 2.50 bits per heavy atom. The average molecular weight is 271 g/mol. The second kappa shape index (κ2) is 4.67. The van der Waals surface area contributed by atoms with Crippen LogP contribution in [-0.4, -0.2) is 15.1 Å². The van der Waals surface area contributed by atoms with Gasteiger partial charge in [0.15, 0.2) is 0 Å². The number of aromatic nitrogens is 1. The fourth-order valence-electron chi connectivity index (χ4n) is 0.916. The highest BCUT2D eigenvalue weighted by Crippen LogP contribution is 2.31. The Balaban J connectivity index is 3.51. The molecule has 0 atom stereocenters. The number of carbonyl (C=O) groups is 1. The predicted octanol–water partition coefficient (Wildman–Crippen LogP) is 2.96. The molecule has 0 saturated carbocycles. The molecule has 0 unspecified atom stereocenters. The van der Waals surface area contributed by atoms with Crippen molar-refractivity contribution in [1.82, 2.24) is 4.98 Å². The second-order valence-corrected chi connectivity index (χ2v) is 3.28. The number of hydrogen-bond acceptors (Lipinski definition) is 4. The summed E-state index contributed by atoms with van der Waals surface area (Å²) in [5.41, 5.74) is -1.61. The molecule has 0 amide bonds. The predicted molar refractivity (Wildman–Crippen MR) is 51.0 cm³/mol.